The molecule has 0 saturated heterocycles. The van der Waals surface area contributed by atoms with E-state index in [2.05, 4.69) is 20.9 Å². The third-order valence-corrected chi connectivity index (χ3v) is 7.58. The van der Waals surface area contributed by atoms with Gasteiger partial charge in [-0.15, -0.1) is 0 Å². The van der Waals surface area contributed by atoms with Gasteiger partial charge in [0.15, 0.2) is 0 Å². The molecule has 1 aromatic heterocycles. The van der Waals surface area contributed by atoms with E-state index in [1.807, 2.05) is 45.0 Å². The van der Waals surface area contributed by atoms with Gasteiger partial charge in [0.05, 0.1) is 6.04 Å². The van der Waals surface area contributed by atoms with Crippen molar-refractivity contribution in [2.75, 3.05) is 0 Å². The van der Waals surface area contributed by atoms with E-state index in [1.165, 1.54) is 12.1 Å². The molecule has 2 aromatic carbocycles. The van der Waals surface area contributed by atoms with Gasteiger partial charge in [0.2, 0.25) is 17.7 Å². The summed E-state index contributed by atoms with van der Waals surface area (Å²) in [4.78, 5) is 55.5. The number of aromatic hydroxyl groups is 1. The van der Waals surface area contributed by atoms with Gasteiger partial charge in [0.1, 0.15) is 23.9 Å². The second kappa shape index (κ2) is 15.2. The number of aromatic amines is 1. The first kappa shape index (κ1) is 33.1. The fraction of sp³-hybridized carbons (Fsp3) is 0.438. The second-order valence-corrected chi connectivity index (χ2v) is 11.5. The summed E-state index contributed by atoms with van der Waals surface area (Å²) >= 11 is 0. The Morgan fingerprint density at radius 1 is 0.860 bits per heavy atom. The van der Waals surface area contributed by atoms with Gasteiger partial charge in [-0.1, -0.05) is 64.4 Å². The van der Waals surface area contributed by atoms with E-state index in [4.69, 9.17) is 5.73 Å². The van der Waals surface area contributed by atoms with Crippen molar-refractivity contribution in [3.63, 3.8) is 0 Å². The number of phenolic OH excluding ortho intramolecular Hbond substituents is 1. The van der Waals surface area contributed by atoms with Gasteiger partial charge < -0.3 is 36.9 Å². The maximum absolute atomic E-state index is 13.8. The van der Waals surface area contributed by atoms with Crippen molar-refractivity contribution in [1.29, 1.82) is 0 Å². The number of aliphatic carboxylic acids is 1. The zero-order valence-corrected chi connectivity index (χ0v) is 25.1. The van der Waals surface area contributed by atoms with E-state index in [-0.39, 0.29) is 30.4 Å². The molecule has 0 aliphatic carbocycles. The second-order valence-electron chi connectivity index (χ2n) is 11.5. The van der Waals surface area contributed by atoms with E-state index in [0.29, 0.717) is 18.4 Å². The van der Waals surface area contributed by atoms with Crippen LogP contribution in [0.15, 0.2) is 54.7 Å². The Hall–Kier alpha value is -4.38. The Labute approximate surface area is 251 Å². The average Bonchev–Trinajstić information content (AvgIpc) is 3.37. The molecule has 8 N–H and O–H groups in total. The molecule has 5 atom stereocenters. The number of nitrogens with two attached hydrogens (primary N) is 1. The predicted molar refractivity (Wildman–Crippen MR) is 164 cm³/mol. The van der Waals surface area contributed by atoms with E-state index < -0.39 is 47.9 Å². The van der Waals surface area contributed by atoms with Crippen LogP contribution in [-0.2, 0) is 32.0 Å². The fourth-order valence-corrected chi connectivity index (χ4v) is 4.91. The van der Waals surface area contributed by atoms with Crippen LogP contribution in [-0.4, -0.2) is 63.1 Å². The molecular weight excluding hydrogens is 550 g/mol. The number of rotatable bonds is 15. The van der Waals surface area contributed by atoms with Gasteiger partial charge in [-0.25, -0.2) is 4.79 Å². The van der Waals surface area contributed by atoms with Gasteiger partial charge >= 0.3 is 5.97 Å². The van der Waals surface area contributed by atoms with Crippen LogP contribution < -0.4 is 21.7 Å². The molecule has 0 saturated carbocycles. The number of phenols is 1. The van der Waals surface area contributed by atoms with E-state index >= 15 is 0 Å². The van der Waals surface area contributed by atoms with Gasteiger partial charge in [0.25, 0.3) is 0 Å². The highest BCUT2D eigenvalue weighted by Gasteiger charge is 2.32. The first-order chi connectivity index (χ1) is 20.4. The molecule has 0 bridgehead atoms. The number of hydrogen-bond donors (Lipinski definition) is 7. The lowest BCUT2D eigenvalue weighted by molar-refractivity contribution is -0.143. The largest absolute Gasteiger partial charge is 0.508 e. The quantitative estimate of drug-likeness (QED) is 0.141. The maximum Gasteiger partial charge on any atom is 0.326 e. The van der Waals surface area contributed by atoms with Gasteiger partial charge in [-0.2, -0.15) is 0 Å². The number of carbonyl (C=O) groups is 4. The molecule has 0 radical (unpaired) electrons. The topological polar surface area (TPSA) is 187 Å². The molecule has 11 heteroatoms. The molecule has 5 unspecified atom stereocenters. The third-order valence-electron chi connectivity index (χ3n) is 7.58. The van der Waals surface area contributed by atoms with Gasteiger partial charge in [-0.3, -0.25) is 14.4 Å². The molecule has 43 heavy (non-hydrogen) atoms. The first-order valence-corrected chi connectivity index (χ1v) is 14.6. The van der Waals surface area contributed by atoms with Crippen LogP contribution in [0.25, 0.3) is 10.9 Å². The smallest absolute Gasteiger partial charge is 0.326 e. The number of aromatic nitrogens is 1. The van der Waals surface area contributed by atoms with Crippen molar-refractivity contribution < 1.29 is 29.4 Å². The molecule has 0 aliphatic rings. The molecule has 3 rings (SSSR count). The highest BCUT2D eigenvalue weighted by Crippen LogP contribution is 2.20. The minimum Gasteiger partial charge on any atom is -0.508 e. The lowest BCUT2D eigenvalue weighted by atomic mass is 9.97. The van der Waals surface area contributed by atoms with Crippen molar-refractivity contribution >= 4 is 34.6 Å². The van der Waals surface area contributed by atoms with Crippen molar-refractivity contribution in [1.82, 2.24) is 20.9 Å². The van der Waals surface area contributed by atoms with E-state index in [0.717, 1.165) is 16.5 Å². The molecule has 3 amide bonds. The summed E-state index contributed by atoms with van der Waals surface area (Å²) in [6, 6.07) is 9.49. The molecule has 0 aliphatic heterocycles. The molecular formula is C32H43N5O6. The lowest BCUT2D eigenvalue weighted by Crippen LogP contribution is -2.58. The van der Waals surface area contributed by atoms with Crippen LogP contribution >= 0.6 is 0 Å². The van der Waals surface area contributed by atoms with Crippen molar-refractivity contribution in [3.8, 4) is 5.75 Å². The number of hydrogen-bond acceptors (Lipinski definition) is 6. The number of H-pyrrole nitrogens is 1. The number of para-hydroxylation sites is 1. The van der Waals surface area contributed by atoms with Crippen molar-refractivity contribution in [3.05, 3.63) is 65.9 Å². The fourth-order valence-electron chi connectivity index (χ4n) is 4.91. The summed E-state index contributed by atoms with van der Waals surface area (Å²) in [6.07, 6.45) is 2.83. The first-order valence-electron chi connectivity index (χ1n) is 14.6. The Morgan fingerprint density at radius 3 is 2.09 bits per heavy atom. The minimum atomic E-state index is -1.17. The highest BCUT2D eigenvalue weighted by molar-refractivity contribution is 5.95. The van der Waals surface area contributed by atoms with Gasteiger partial charge in [-0.05, 0) is 47.6 Å². The summed E-state index contributed by atoms with van der Waals surface area (Å²) in [7, 11) is 0. The summed E-state index contributed by atoms with van der Waals surface area (Å²) in [6.45, 7) is 7.44. The Bertz CT molecular complexity index is 1400. The summed E-state index contributed by atoms with van der Waals surface area (Å²) < 4.78 is 0. The number of carboxylic acid groups (broad SMARTS) is 1. The Balaban J connectivity index is 1.92. The SMILES string of the molecule is CCC(C)C(NC(=O)C(Cc1c[nH]c2ccccc12)NC(=O)C(Cc1ccc(O)cc1)NC(=O)C(N)CC(C)C)C(=O)O. The zero-order chi connectivity index (χ0) is 31.7. The molecule has 3 aromatic rings. The molecule has 0 spiro atoms. The van der Waals surface area contributed by atoms with Crippen LogP contribution in [0.3, 0.4) is 0 Å². The molecule has 0 fully saturated rings. The number of carboxylic acids is 1. The van der Waals surface area contributed by atoms with E-state index in [9.17, 15) is 29.4 Å². The monoisotopic (exact) mass is 593 g/mol. The molecule has 232 valence electrons. The van der Waals surface area contributed by atoms with Crippen LogP contribution in [0.4, 0.5) is 0 Å². The standard InChI is InChI=1S/C32H43N5O6/c1-5-19(4)28(32(42)43)37-31(41)27(16-21-17-34-25-9-7-6-8-23(21)25)36-30(40)26(15-20-10-12-22(38)13-11-20)35-29(39)24(33)14-18(2)3/h6-13,17-19,24,26-28,34,38H,5,14-16,33H2,1-4H3,(H,35,39)(H,36,40)(H,37,41)(H,42,43). The van der Waals surface area contributed by atoms with Crippen LogP contribution in [0.1, 0.15) is 51.7 Å². The zero-order valence-electron chi connectivity index (χ0n) is 25.1. The Morgan fingerprint density at radius 2 is 1.47 bits per heavy atom. The number of carbonyl (C=O) groups excluding carboxylic acids is 3. The van der Waals surface area contributed by atoms with Crippen molar-refractivity contribution in [2.45, 2.75) is 77.5 Å². The normalized spacial score (nSPS) is 14.8. The van der Waals surface area contributed by atoms with Gasteiger partial charge in [0, 0.05) is 29.9 Å². The molecule has 11 nitrogen and oxygen atoms in total. The Kier molecular flexibility index (Phi) is 11.7. The third kappa shape index (κ3) is 9.31. The number of amides is 3. The number of nitrogens with one attached hydrogen (secondary N) is 4. The number of benzene rings is 2. The highest BCUT2D eigenvalue weighted by atomic mass is 16.4. The summed E-state index contributed by atoms with van der Waals surface area (Å²) in [5.41, 5.74) is 8.36. The summed E-state index contributed by atoms with van der Waals surface area (Å²) in [5, 5.41) is 28.5. The van der Waals surface area contributed by atoms with Crippen molar-refractivity contribution in [2.24, 2.45) is 17.6 Å². The van der Waals surface area contributed by atoms with Crippen LogP contribution in [0.5, 0.6) is 5.75 Å². The average molecular weight is 594 g/mol. The predicted octanol–water partition coefficient (Wildman–Crippen LogP) is 2.62. The maximum atomic E-state index is 13.8. The minimum absolute atomic E-state index is 0.0532. The summed E-state index contributed by atoms with van der Waals surface area (Å²) in [5.74, 6) is -3.11. The van der Waals surface area contributed by atoms with Crippen LogP contribution in [0.2, 0.25) is 0 Å². The lowest BCUT2D eigenvalue weighted by Gasteiger charge is -2.27. The van der Waals surface area contributed by atoms with E-state index in [1.54, 1.807) is 25.3 Å². The number of fused-ring (bicyclic) bond motifs is 1. The van der Waals surface area contributed by atoms with Crippen LogP contribution in [0, 0.1) is 11.8 Å². The molecule has 1 heterocycles.